The van der Waals surface area contributed by atoms with E-state index in [2.05, 4.69) is 0 Å². The molecule has 1 rings (SSSR count). The maximum atomic E-state index is 11.4. The van der Waals surface area contributed by atoms with E-state index in [4.69, 9.17) is 19.9 Å². The zero-order chi connectivity index (χ0) is 14.1. The second-order valence-electron chi connectivity index (χ2n) is 3.77. The Morgan fingerprint density at radius 3 is 2.79 bits per heavy atom. The lowest BCUT2D eigenvalue weighted by molar-refractivity contribution is 0.0509. The molecule has 106 valence electrons. The lowest BCUT2D eigenvalue weighted by Gasteiger charge is -2.11. The van der Waals surface area contributed by atoms with E-state index in [0.29, 0.717) is 23.7 Å². The molecule has 1 aromatic rings. The van der Waals surface area contributed by atoms with Crippen molar-refractivity contribution in [3.8, 4) is 11.5 Å². The van der Waals surface area contributed by atoms with Gasteiger partial charge in [0.15, 0.2) is 6.79 Å². The number of ether oxygens (including phenoxy) is 3. The fraction of sp³-hybridized carbons (Fsp3) is 0.462. The van der Waals surface area contributed by atoms with Crippen molar-refractivity contribution in [1.29, 1.82) is 0 Å². The normalized spacial score (nSPS) is 10.2. The Morgan fingerprint density at radius 2 is 2.16 bits per heavy atom. The topological polar surface area (TPSA) is 70.8 Å². The summed E-state index contributed by atoms with van der Waals surface area (Å²) in [6.45, 7) is 0.672. The molecule has 5 nitrogen and oxygen atoms in total. The molecular formula is C13H19NO4S. The summed E-state index contributed by atoms with van der Waals surface area (Å²) in [5.41, 5.74) is 5.65. The van der Waals surface area contributed by atoms with Gasteiger partial charge >= 0.3 is 0 Å². The van der Waals surface area contributed by atoms with Crippen LogP contribution < -0.4 is 15.2 Å². The average molecular weight is 285 g/mol. The van der Waals surface area contributed by atoms with E-state index >= 15 is 0 Å². The van der Waals surface area contributed by atoms with Crippen LogP contribution in [-0.4, -0.2) is 38.4 Å². The van der Waals surface area contributed by atoms with E-state index in [0.717, 1.165) is 12.2 Å². The Morgan fingerprint density at radius 1 is 1.37 bits per heavy atom. The van der Waals surface area contributed by atoms with Crippen molar-refractivity contribution in [3.05, 3.63) is 23.8 Å². The monoisotopic (exact) mass is 285 g/mol. The summed E-state index contributed by atoms with van der Waals surface area (Å²) in [6, 6.07) is 4.96. The Labute approximate surface area is 117 Å². The third-order valence-electron chi connectivity index (χ3n) is 2.31. The van der Waals surface area contributed by atoms with Gasteiger partial charge in [0.1, 0.15) is 11.5 Å². The number of methoxy groups -OCH3 is 1. The molecule has 0 unspecified atom stereocenters. The Hall–Kier alpha value is -1.40. The lowest BCUT2D eigenvalue weighted by atomic mass is 10.2. The van der Waals surface area contributed by atoms with Crippen LogP contribution in [0.4, 0.5) is 0 Å². The number of carbonyl (C=O) groups is 1. The van der Waals surface area contributed by atoms with Crippen LogP contribution in [0.5, 0.6) is 11.5 Å². The number of thioether (sulfide) groups is 1. The second-order valence-corrected chi connectivity index (χ2v) is 4.75. The summed E-state index contributed by atoms with van der Waals surface area (Å²) in [7, 11) is 1.53. The Bertz CT molecular complexity index is 412. The maximum Gasteiger partial charge on any atom is 0.252 e. The fourth-order valence-electron chi connectivity index (χ4n) is 1.43. The summed E-state index contributed by atoms with van der Waals surface area (Å²) in [5, 5.41) is 0. The molecule has 0 aliphatic carbocycles. The molecule has 0 spiro atoms. The lowest BCUT2D eigenvalue weighted by Crippen LogP contribution is -2.14. The van der Waals surface area contributed by atoms with Gasteiger partial charge in [0.2, 0.25) is 0 Å². The molecule has 0 heterocycles. The number of rotatable bonds is 9. The van der Waals surface area contributed by atoms with Gasteiger partial charge in [-0.2, -0.15) is 11.8 Å². The smallest absolute Gasteiger partial charge is 0.252 e. The number of primary amides is 1. The molecule has 0 bridgehead atoms. The third-order valence-corrected chi connectivity index (χ3v) is 3.01. The van der Waals surface area contributed by atoms with Crippen molar-refractivity contribution in [2.45, 2.75) is 6.42 Å². The van der Waals surface area contributed by atoms with Crippen LogP contribution in [0.1, 0.15) is 16.8 Å². The van der Waals surface area contributed by atoms with Crippen LogP contribution in [0.25, 0.3) is 0 Å². The molecule has 0 atom stereocenters. The molecule has 0 radical (unpaired) electrons. The van der Waals surface area contributed by atoms with Crippen LogP contribution in [0.3, 0.4) is 0 Å². The van der Waals surface area contributed by atoms with Gasteiger partial charge in [-0.05, 0) is 36.6 Å². The van der Waals surface area contributed by atoms with Crippen LogP contribution in [-0.2, 0) is 4.74 Å². The molecule has 0 aliphatic rings. The number of amides is 1. The van der Waals surface area contributed by atoms with Crippen molar-refractivity contribution < 1.29 is 19.0 Å². The molecule has 0 aromatic heterocycles. The zero-order valence-corrected chi connectivity index (χ0v) is 12.0. The van der Waals surface area contributed by atoms with E-state index in [9.17, 15) is 4.79 Å². The molecule has 1 aromatic carbocycles. The average Bonchev–Trinajstić information content (AvgIpc) is 2.41. The first-order valence-electron chi connectivity index (χ1n) is 5.86. The van der Waals surface area contributed by atoms with Crippen molar-refractivity contribution in [2.75, 3.05) is 32.5 Å². The highest BCUT2D eigenvalue weighted by molar-refractivity contribution is 7.98. The van der Waals surface area contributed by atoms with E-state index in [1.807, 2.05) is 6.26 Å². The summed E-state index contributed by atoms with van der Waals surface area (Å²) >= 11 is 1.75. The minimum absolute atomic E-state index is 0.117. The summed E-state index contributed by atoms with van der Waals surface area (Å²) < 4.78 is 15.6. The standard InChI is InChI=1S/C13H19NO4S/c1-16-9-18-10-4-5-12(11(8-10)13(14)15)17-6-3-7-19-2/h4-5,8H,3,6-7,9H2,1-2H3,(H2,14,15). The molecule has 0 saturated carbocycles. The molecule has 6 heteroatoms. The highest BCUT2D eigenvalue weighted by atomic mass is 32.2. The van der Waals surface area contributed by atoms with E-state index in [1.165, 1.54) is 7.11 Å². The Kier molecular flexibility index (Phi) is 7.14. The van der Waals surface area contributed by atoms with Crippen molar-refractivity contribution in [3.63, 3.8) is 0 Å². The summed E-state index contributed by atoms with van der Waals surface area (Å²) in [6.07, 6.45) is 2.96. The highest BCUT2D eigenvalue weighted by Crippen LogP contribution is 2.24. The van der Waals surface area contributed by atoms with Crippen LogP contribution in [0.15, 0.2) is 18.2 Å². The maximum absolute atomic E-state index is 11.4. The van der Waals surface area contributed by atoms with Gasteiger partial charge in [-0.25, -0.2) is 0 Å². The largest absolute Gasteiger partial charge is 0.493 e. The van der Waals surface area contributed by atoms with Crippen molar-refractivity contribution >= 4 is 17.7 Å². The van der Waals surface area contributed by atoms with Gasteiger partial charge in [0, 0.05) is 7.11 Å². The third kappa shape index (κ3) is 5.40. The number of carbonyl (C=O) groups excluding carboxylic acids is 1. The van der Waals surface area contributed by atoms with Crippen molar-refractivity contribution in [1.82, 2.24) is 0 Å². The van der Waals surface area contributed by atoms with Gasteiger partial charge in [0.05, 0.1) is 12.2 Å². The van der Waals surface area contributed by atoms with Crippen LogP contribution >= 0.6 is 11.8 Å². The van der Waals surface area contributed by atoms with Gasteiger partial charge in [-0.1, -0.05) is 0 Å². The van der Waals surface area contributed by atoms with Crippen LogP contribution in [0, 0.1) is 0 Å². The molecule has 0 saturated heterocycles. The van der Waals surface area contributed by atoms with Gasteiger partial charge in [-0.15, -0.1) is 0 Å². The number of benzene rings is 1. The molecule has 0 fully saturated rings. The van der Waals surface area contributed by atoms with E-state index < -0.39 is 5.91 Å². The molecule has 2 N–H and O–H groups in total. The first-order valence-corrected chi connectivity index (χ1v) is 7.25. The fourth-order valence-corrected chi connectivity index (χ4v) is 1.84. The van der Waals surface area contributed by atoms with Gasteiger partial charge in [0.25, 0.3) is 5.91 Å². The highest BCUT2D eigenvalue weighted by Gasteiger charge is 2.11. The Balaban J connectivity index is 2.71. The SMILES string of the molecule is COCOc1ccc(OCCCSC)c(C(N)=O)c1. The molecule has 0 aliphatic heterocycles. The summed E-state index contributed by atoms with van der Waals surface area (Å²) in [5.74, 6) is 1.48. The predicted octanol–water partition coefficient (Wildman–Crippen LogP) is 1.90. The molecule has 19 heavy (non-hydrogen) atoms. The van der Waals surface area contributed by atoms with Crippen LogP contribution in [0.2, 0.25) is 0 Å². The minimum Gasteiger partial charge on any atom is -0.493 e. The molecular weight excluding hydrogens is 266 g/mol. The van der Waals surface area contributed by atoms with E-state index in [-0.39, 0.29) is 6.79 Å². The van der Waals surface area contributed by atoms with Crippen molar-refractivity contribution in [2.24, 2.45) is 5.73 Å². The number of hydrogen-bond acceptors (Lipinski definition) is 5. The predicted molar refractivity (Wildman–Crippen MR) is 76.0 cm³/mol. The zero-order valence-electron chi connectivity index (χ0n) is 11.2. The first kappa shape index (κ1) is 15.7. The molecule has 1 amide bonds. The number of hydrogen-bond donors (Lipinski definition) is 1. The number of nitrogens with two attached hydrogens (primary N) is 1. The second kappa shape index (κ2) is 8.66. The minimum atomic E-state index is -0.539. The first-order chi connectivity index (χ1) is 9.19. The van der Waals surface area contributed by atoms with Gasteiger partial charge < -0.3 is 19.9 Å². The van der Waals surface area contributed by atoms with E-state index in [1.54, 1.807) is 30.0 Å². The summed E-state index contributed by atoms with van der Waals surface area (Å²) in [4.78, 5) is 11.4. The quantitative estimate of drug-likeness (QED) is 0.554. The van der Waals surface area contributed by atoms with Gasteiger partial charge in [-0.3, -0.25) is 4.79 Å².